The quantitative estimate of drug-likeness (QED) is 0.862. The van der Waals surface area contributed by atoms with E-state index in [0.29, 0.717) is 25.9 Å². The van der Waals surface area contributed by atoms with Crippen molar-refractivity contribution in [1.29, 1.82) is 0 Å². The van der Waals surface area contributed by atoms with Crippen molar-refractivity contribution in [3.8, 4) is 5.75 Å². The fourth-order valence-electron chi connectivity index (χ4n) is 2.90. The first-order valence-corrected chi connectivity index (χ1v) is 8.17. The number of aromatic nitrogens is 1. The van der Waals surface area contributed by atoms with Crippen LogP contribution in [0.3, 0.4) is 0 Å². The third kappa shape index (κ3) is 4.21. The maximum Gasteiger partial charge on any atom is 0.573 e. The number of halogens is 4. The zero-order chi connectivity index (χ0) is 18.9. The summed E-state index contributed by atoms with van der Waals surface area (Å²) in [6.07, 6.45) is -3.48. The lowest BCUT2D eigenvalue weighted by molar-refractivity contribution is -0.274. The fourth-order valence-corrected chi connectivity index (χ4v) is 3.12. The van der Waals surface area contributed by atoms with E-state index in [9.17, 15) is 18.0 Å². The van der Waals surface area contributed by atoms with Gasteiger partial charge in [-0.2, -0.15) is 0 Å². The van der Waals surface area contributed by atoms with E-state index in [1.165, 1.54) is 12.1 Å². The first-order valence-electron chi connectivity index (χ1n) is 7.79. The fraction of sp³-hybridized carbons (Fsp3) is 0.375. The Morgan fingerprint density at radius 1 is 1.31 bits per heavy atom. The molecule has 1 aromatic heterocycles. The first-order chi connectivity index (χ1) is 12.2. The van der Waals surface area contributed by atoms with Crippen LogP contribution in [0.5, 0.6) is 5.75 Å². The summed E-state index contributed by atoms with van der Waals surface area (Å²) in [4.78, 5) is 14.2. The maximum absolute atomic E-state index is 12.5. The molecule has 1 aromatic carbocycles. The molecule has 26 heavy (non-hydrogen) atoms. The maximum atomic E-state index is 12.5. The van der Waals surface area contributed by atoms with Gasteiger partial charge in [0.1, 0.15) is 5.75 Å². The minimum atomic E-state index is -4.85. The van der Waals surface area contributed by atoms with Crippen LogP contribution in [0.1, 0.15) is 34.8 Å². The smallest absolute Gasteiger partial charge is 0.404 e. The lowest BCUT2D eigenvalue weighted by Crippen LogP contribution is -2.38. The van der Waals surface area contributed by atoms with Crippen molar-refractivity contribution in [3.05, 3.63) is 40.5 Å². The second-order valence-electron chi connectivity index (χ2n) is 5.91. The molecule has 0 saturated carbocycles. The van der Waals surface area contributed by atoms with E-state index in [0.717, 1.165) is 11.8 Å². The van der Waals surface area contributed by atoms with Crippen LogP contribution in [-0.4, -0.2) is 35.4 Å². The molecule has 1 fully saturated rings. The van der Waals surface area contributed by atoms with Gasteiger partial charge in [-0.15, -0.1) is 13.2 Å². The van der Waals surface area contributed by atoms with Crippen LogP contribution in [0.4, 0.5) is 19.1 Å². The molecule has 0 unspecified atom stereocenters. The molecule has 140 valence electrons. The number of ether oxygens (including phenoxy) is 1. The van der Waals surface area contributed by atoms with Crippen LogP contribution in [0.15, 0.2) is 28.8 Å². The largest absolute Gasteiger partial charge is 0.573 e. The highest BCUT2D eigenvalue weighted by Crippen LogP contribution is 2.32. The molecule has 2 aromatic rings. The molecule has 0 radical (unpaired) electrons. The second kappa shape index (κ2) is 7.06. The zero-order valence-corrected chi connectivity index (χ0v) is 14.2. The summed E-state index contributed by atoms with van der Waals surface area (Å²) in [7, 11) is 0. The molecular formula is C16H15ClF3N3O3. The number of rotatable bonds is 3. The van der Waals surface area contributed by atoms with E-state index in [4.69, 9.17) is 21.9 Å². The monoisotopic (exact) mass is 389 g/mol. The van der Waals surface area contributed by atoms with E-state index in [-0.39, 0.29) is 28.3 Å². The number of nitrogen functional groups attached to an aromatic ring is 1. The molecular weight excluding hydrogens is 375 g/mol. The van der Waals surface area contributed by atoms with E-state index in [1.54, 1.807) is 11.0 Å². The van der Waals surface area contributed by atoms with Gasteiger partial charge in [0.25, 0.3) is 5.91 Å². The van der Waals surface area contributed by atoms with Crippen molar-refractivity contribution in [3.63, 3.8) is 0 Å². The molecule has 0 atom stereocenters. The molecule has 1 amide bonds. The number of carbonyl (C=O) groups excluding carboxylic acids is 1. The van der Waals surface area contributed by atoms with E-state index < -0.39 is 12.1 Å². The Kier molecular flexibility index (Phi) is 4.99. The van der Waals surface area contributed by atoms with Crippen LogP contribution in [0.25, 0.3) is 0 Å². The van der Waals surface area contributed by atoms with Gasteiger partial charge in [0.15, 0.2) is 0 Å². The Balaban J connectivity index is 1.64. The van der Waals surface area contributed by atoms with Gasteiger partial charge < -0.3 is 19.9 Å². The number of benzene rings is 1. The van der Waals surface area contributed by atoms with E-state index in [2.05, 4.69) is 9.89 Å². The predicted molar refractivity (Wildman–Crippen MR) is 86.9 cm³/mol. The lowest BCUT2D eigenvalue weighted by Gasteiger charge is -2.31. The first kappa shape index (κ1) is 18.4. The minimum absolute atomic E-state index is 0.145. The molecule has 1 aliphatic heterocycles. The Labute approximate surface area is 151 Å². The van der Waals surface area contributed by atoms with Crippen molar-refractivity contribution in [2.75, 3.05) is 18.8 Å². The summed E-state index contributed by atoms with van der Waals surface area (Å²) in [6.45, 7) is 0.962. The number of carbonyl (C=O) groups is 1. The normalized spacial score (nSPS) is 15.9. The van der Waals surface area contributed by atoms with Gasteiger partial charge >= 0.3 is 6.36 Å². The average molecular weight is 390 g/mol. The molecule has 0 aliphatic carbocycles. The third-order valence-electron chi connectivity index (χ3n) is 4.15. The molecule has 6 nitrogen and oxygen atoms in total. The van der Waals surface area contributed by atoms with Crippen molar-refractivity contribution in [1.82, 2.24) is 10.1 Å². The van der Waals surface area contributed by atoms with Crippen molar-refractivity contribution in [2.24, 2.45) is 0 Å². The highest BCUT2D eigenvalue weighted by molar-refractivity contribution is 6.32. The van der Waals surface area contributed by atoms with Gasteiger partial charge in [-0.1, -0.05) is 16.8 Å². The minimum Gasteiger partial charge on any atom is -0.404 e. The summed E-state index contributed by atoms with van der Waals surface area (Å²) >= 11 is 5.80. The van der Waals surface area contributed by atoms with Crippen LogP contribution >= 0.6 is 11.6 Å². The van der Waals surface area contributed by atoms with Crippen molar-refractivity contribution < 1.29 is 27.2 Å². The predicted octanol–water partition coefficient (Wildman–Crippen LogP) is 3.83. The number of hydrogen-bond acceptors (Lipinski definition) is 5. The number of likely N-dealkylation sites (tertiary alicyclic amines) is 1. The van der Waals surface area contributed by atoms with Crippen LogP contribution in [0.2, 0.25) is 5.02 Å². The van der Waals surface area contributed by atoms with Gasteiger partial charge in [0, 0.05) is 30.6 Å². The Hall–Kier alpha value is -2.42. The molecule has 1 aliphatic rings. The summed E-state index contributed by atoms with van der Waals surface area (Å²) in [5.74, 6) is -0.456. The highest BCUT2D eigenvalue weighted by atomic mass is 35.5. The Morgan fingerprint density at radius 3 is 2.54 bits per heavy atom. The highest BCUT2D eigenvalue weighted by Gasteiger charge is 2.32. The number of hydrogen-bond donors (Lipinski definition) is 1. The van der Waals surface area contributed by atoms with Gasteiger partial charge in [0.2, 0.25) is 5.88 Å². The molecule has 0 spiro atoms. The van der Waals surface area contributed by atoms with Gasteiger partial charge in [-0.25, -0.2) is 0 Å². The summed E-state index contributed by atoms with van der Waals surface area (Å²) < 4.78 is 45.5. The molecule has 2 heterocycles. The number of amides is 1. The summed E-state index contributed by atoms with van der Waals surface area (Å²) in [6, 6.07) is 5.14. The van der Waals surface area contributed by atoms with Crippen LogP contribution in [0, 0.1) is 0 Å². The molecule has 10 heteroatoms. The van der Waals surface area contributed by atoms with E-state index in [1.807, 2.05) is 0 Å². The number of nitrogens with two attached hydrogens (primary N) is 1. The van der Waals surface area contributed by atoms with Crippen LogP contribution in [-0.2, 0) is 0 Å². The lowest BCUT2D eigenvalue weighted by atomic mass is 9.93. The summed E-state index contributed by atoms with van der Waals surface area (Å²) in [5.41, 5.74) is 6.47. The number of anilines is 1. The molecule has 2 N–H and O–H groups in total. The summed E-state index contributed by atoms with van der Waals surface area (Å²) in [5, 5.41) is 3.61. The average Bonchev–Trinajstić information content (AvgIpc) is 3.01. The third-order valence-corrected chi connectivity index (χ3v) is 4.45. The van der Waals surface area contributed by atoms with Crippen LogP contribution < -0.4 is 10.5 Å². The van der Waals surface area contributed by atoms with Crippen molar-refractivity contribution >= 4 is 23.4 Å². The Bertz CT molecular complexity index is 802. The van der Waals surface area contributed by atoms with E-state index >= 15 is 0 Å². The molecule has 1 saturated heterocycles. The van der Waals surface area contributed by atoms with Gasteiger partial charge in [-0.3, -0.25) is 4.79 Å². The van der Waals surface area contributed by atoms with Crippen molar-refractivity contribution in [2.45, 2.75) is 25.1 Å². The zero-order valence-electron chi connectivity index (χ0n) is 13.4. The number of nitrogens with zero attached hydrogens (tertiary/aromatic N) is 2. The number of piperidine rings is 1. The second-order valence-corrected chi connectivity index (χ2v) is 6.32. The van der Waals surface area contributed by atoms with Gasteiger partial charge in [-0.05, 0) is 31.0 Å². The number of alkyl halides is 3. The topological polar surface area (TPSA) is 81.6 Å². The molecule has 0 bridgehead atoms. The van der Waals surface area contributed by atoms with Gasteiger partial charge in [0.05, 0.1) is 10.7 Å². The standard InChI is InChI=1S/C16H15ClF3N3O3/c17-11-7-10(1-2-13(11)25-16(18,19)20)15(24)23-5-3-9(4-6-23)12-8-14(21)26-22-12/h1-2,7-9H,3-6,21H2. The molecule has 3 rings (SSSR count). The Morgan fingerprint density at radius 2 is 2.00 bits per heavy atom. The SMILES string of the molecule is Nc1cc(C2CCN(C(=O)c3ccc(OC(F)(F)F)c(Cl)c3)CC2)no1.